The highest BCUT2D eigenvalue weighted by Crippen LogP contribution is 2.02. The third-order valence-corrected chi connectivity index (χ3v) is 2.26. The molecule has 0 aromatic carbocycles. The normalized spacial score (nSPS) is 24.0. The van der Waals surface area contributed by atoms with E-state index in [-0.39, 0.29) is 18.1 Å². The molecule has 0 radical (unpaired) electrons. The third kappa shape index (κ3) is 3.12. The lowest BCUT2D eigenvalue weighted by Gasteiger charge is -2.29. The number of hydrogen-bond acceptors (Lipinski definition) is 3. The molecule has 0 spiro atoms. The topological polar surface area (TPSA) is 50.4 Å². The number of hydrogen-bond donors (Lipinski definition) is 2. The van der Waals surface area contributed by atoms with E-state index in [0.29, 0.717) is 12.2 Å². The first kappa shape index (κ1) is 11.2. The molecule has 14 heavy (non-hydrogen) atoms. The molecule has 0 aromatic rings. The van der Waals surface area contributed by atoms with Crippen molar-refractivity contribution in [2.45, 2.75) is 26.0 Å². The first-order valence-corrected chi connectivity index (χ1v) is 4.90. The van der Waals surface area contributed by atoms with Gasteiger partial charge in [0.2, 0.25) is 5.91 Å². The van der Waals surface area contributed by atoms with Crippen LogP contribution in [0.2, 0.25) is 0 Å². The predicted molar refractivity (Wildman–Crippen MR) is 55.0 cm³/mol. The number of rotatable bonds is 3. The fourth-order valence-electron chi connectivity index (χ4n) is 1.33. The van der Waals surface area contributed by atoms with Crippen molar-refractivity contribution in [1.29, 1.82) is 0 Å². The zero-order chi connectivity index (χ0) is 10.6. The second-order valence-corrected chi connectivity index (χ2v) is 3.66. The Hall–Kier alpha value is -0.870. The number of nitrogens with one attached hydrogen (secondary N) is 2. The van der Waals surface area contributed by atoms with Crippen molar-refractivity contribution >= 4 is 5.91 Å². The summed E-state index contributed by atoms with van der Waals surface area (Å²) in [6.45, 7) is 9.61. The summed E-state index contributed by atoms with van der Waals surface area (Å²) in [4.78, 5) is 11.3. The Kier molecular flexibility index (Phi) is 4.10. The highest BCUT2D eigenvalue weighted by Gasteiger charge is 2.21. The lowest BCUT2D eigenvalue weighted by molar-refractivity contribution is -0.119. The summed E-state index contributed by atoms with van der Waals surface area (Å²) in [6, 6.07) is 0.0204. The molecule has 1 rings (SSSR count). The molecule has 4 nitrogen and oxygen atoms in total. The minimum Gasteiger partial charge on any atom is -0.373 e. The Morgan fingerprint density at radius 2 is 2.43 bits per heavy atom. The van der Waals surface area contributed by atoms with E-state index in [0.717, 1.165) is 13.1 Å². The minimum atomic E-state index is -0.105. The van der Waals surface area contributed by atoms with Gasteiger partial charge in [-0.3, -0.25) is 4.79 Å². The third-order valence-electron chi connectivity index (χ3n) is 2.26. The summed E-state index contributed by atoms with van der Waals surface area (Å²) in [5, 5.41) is 6.07. The Morgan fingerprint density at radius 3 is 2.93 bits per heavy atom. The number of amides is 1. The molecule has 80 valence electrons. The SMILES string of the molecule is C=C(C)C(=O)NC(C)C1CNCCO1. The molecule has 0 aromatic heterocycles. The summed E-state index contributed by atoms with van der Waals surface area (Å²) in [7, 11) is 0. The summed E-state index contributed by atoms with van der Waals surface area (Å²) >= 11 is 0. The second-order valence-electron chi connectivity index (χ2n) is 3.66. The predicted octanol–water partition coefficient (Wildman–Crippen LogP) is 0.0556. The molecule has 1 saturated heterocycles. The molecule has 2 unspecified atom stereocenters. The Morgan fingerprint density at radius 1 is 1.71 bits per heavy atom. The van der Waals surface area contributed by atoms with Gasteiger partial charge in [0.25, 0.3) is 0 Å². The highest BCUT2D eigenvalue weighted by molar-refractivity contribution is 5.92. The minimum absolute atomic E-state index is 0.0204. The molecule has 4 heteroatoms. The fourth-order valence-corrected chi connectivity index (χ4v) is 1.33. The van der Waals surface area contributed by atoms with Gasteiger partial charge in [0.05, 0.1) is 18.8 Å². The lowest BCUT2D eigenvalue weighted by Crippen LogP contribution is -2.50. The molecule has 2 atom stereocenters. The van der Waals surface area contributed by atoms with Crippen molar-refractivity contribution in [2.24, 2.45) is 0 Å². The monoisotopic (exact) mass is 198 g/mol. The van der Waals surface area contributed by atoms with Crippen LogP contribution in [-0.2, 0) is 9.53 Å². The van der Waals surface area contributed by atoms with Crippen molar-refractivity contribution in [3.63, 3.8) is 0 Å². The Bertz CT molecular complexity index is 222. The maximum absolute atomic E-state index is 11.3. The lowest BCUT2D eigenvalue weighted by atomic mass is 10.1. The van der Waals surface area contributed by atoms with Crippen molar-refractivity contribution in [3.8, 4) is 0 Å². The fraction of sp³-hybridized carbons (Fsp3) is 0.700. The summed E-state index contributed by atoms with van der Waals surface area (Å²) < 4.78 is 5.51. The maximum Gasteiger partial charge on any atom is 0.246 e. The maximum atomic E-state index is 11.3. The van der Waals surface area contributed by atoms with Gasteiger partial charge in [-0.05, 0) is 13.8 Å². The molecular formula is C10H18N2O2. The van der Waals surface area contributed by atoms with Crippen molar-refractivity contribution in [2.75, 3.05) is 19.7 Å². The van der Waals surface area contributed by atoms with E-state index in [1.165, 1.54) is 0 Å². The average Bonchev–Trinajstić information content (AvgIpc) is 2.19. The van der Waals surface area contributed by atoms with Gasteiger partial charge in [0.15, 0.2) is 0 Å². The van der Waals surface area contributed by atoms with Gasteiger partial charge in [-0.15, -0.1) is 0 Å². The zero-order valence-corrected chi connectivity index (χ0v) is 8.80. The van der Waals surface area contributed by atoms with Gasteiger partial charge >= 0.3 is 0 Å². The van der Waals surface area contributed by atoms with Gasteiger partial charge in [-0.1, -0.05) is 6.58 Å². The standard InChI is InChI=1S/C10H18N2O2/c1-7(2)10(13)12-8(3)9-6-11-4-5-14-9/h8-9,11H,1,4-6H2,2-3H3,(H,12,13). The van der Waals surface area contributed by atoms with Gasteiger partial charge in [-0.25, -0.2) is 0 Å². The molecule has 1 aliphatic heterocycles. The van der Waals surface area contributed by atoms with E-state index in [1.807, 2.05) is 6.92 Å². The van der Waals surface area contributed by atoms with Crippen LogP contribution in [0.3, 0.4) is 0 Å². The molecular weight excluding hydrogens is 180 g/mol. The van der Waals surface area contributed by atoms with Gasteiger partial charge < -0.3 is 15.4 Å². The van der Waals surface area contributed by atoms with Crippen LogP contribution in [0.25, 0.3) is 0 Å². The van der Waals surface area contributed by atoms with E-state index in [2.05, 4.69) is 17.2 Å². The van der Waals surface area contributed by atoms with Crippen molar-refractivity contribution in [3.05, 3.63) is 12.2 Å². The first-order valence-electron chi connectivity index (χ1n) is 4.90. The second kappa shape index (κ2) is 5.12. The molecule has 0 bridgehead atoms. The number of carbonyl (C=O) groups excluding carboxylic acids is 1. The van der Waals surface area contributed by atoms with Crippen LogP contribution in [0.15, 0.2) is 12.2 Å². The van der Waals surface area contributed by atoms with E-state index >= 15 is 0 Å². The molecule has 1 aliphatic rings. The summed E-state index contributed by atoms with van der Waals surface area (Å²) in [6.07, 6.45) is 0.0621. The van der Waals surface area contributed by atoms with Crippen LogP contribution in [-0.4, -0.2) is 37.7 Å². The number of morpholine rings is 1. The number of carbonyl (C=O) groups is 1. The Labute approximate surface area is 84.7 Å². The van der Waals surface area contributed by atoms with E-state index < -0.39 is 0 Å². The van der Waals surface area contributed by atoms with Crippen molar-refractivity contribution < 1.29 is 9.53 Å². The summed E-state index contributed by atoms with van der Waals surface area (Å²) in [5.74, 6) is -0.105. The van der Waals surface area contributed by atoms with Crippen LogP contribution < -0.4 is 10.6 Å². The van der Waals surface area contributed by atoms with Gasteiger partial charge in [0.1, 0.15) is 0 Å². The quantitative estimate of drug-likeness (QED) is 0.630. The van der Waals surface area contributed by atoms with Crippen LogP contribution in [0.1, 0.15) is 13.8 Å². The van der Waals surface area contributed by atoms with Crippen LogP contribution in [0.5, 0.6) is 0 Å². The van der Waals surface area contributed by atoms with Crippen LogP contribution >= 0.6 is 0 Å². The molecule has 0 aliphatic carbocycles. The smallest absolute Gasteiger partial charge is 0.246 e. The number of ether oxygens (including phenoxy) is 1. The van der Waals surface area contributed by atoms with Crippen LogP contribution in [0.4, 0.5) is 0 Å². The molecule has 2 N–H and O–H groups in total. The van der Waals surface area contributed by atoms with E-state index in [9.17, 15) is 4.79 Å². The molecule has 0 saturated carbocycles. The van der Waals surface area contributed by atoms with Gasteiger partial charge in [-0.2, -0.15) is 0 Å². The zero-order valence-electron chi connectivity index (χ0n) is 8.80. The molecule has 1 heterocycles. The Balaban J connectivity index is 2.36. The van der Waals surface area contributed by atoms with Crippen LogP contribution in [0, 0.1) is 0 Å². The molecule has 1 amide bonds. The van der Waals surface area contributed by atoms with Gasteiger partial charge in [0, 0.05) is 18.7 Å². The van der Waals surface area contributed by atoms with E-state index in [4.69, 9.17) is 4.74 Å². The largest absolute Gasteiger partial charge is 0.373 e. The van der Waals surface area contributed by atoms with E-state index in [1.54, 1.807) is 6.92 Å². The van der Waals surface area contributed by atoms with Crippen molar-refractivity contribution in [1.82, 2.24) is 10.6 Å². The molecule has 1 fully saturated rings. The summed E-state index contributed by atoms with van der Waals surface area (Å²) in [5.41, 5.74) is 0.528. The first-order chi connectivity index (χ1) is 6.61. The highest BCUT2D eigenvalue weighted by atomic mass is 16.5. The average molecular weight is 198 g/mol.